The maximum absolute atomic E-state index is 4.84. The standard InChI is InChI=1S/C26H18N4/c1-2-20-23-11-9-17(28-23)13-16-7-8-18(27-16)14-25-21-5-3-4-6-22(21)26(30-25)15-19-10-12-24(20)29-19/h2-15,28,30H,1H2. The van der Waals surface area contributed by atoms with Crippen LogP contribution in [0.25, 0.3) is 63.2 Å². The molecule has 2 N–H and O–H groups in total. The molecule has 2 aliphatic rings. The van der Waals surface area contributed by atoms with Gasteiger partial charge in [0.05, 0.1) is 22.8 Å². The Kier molecular flexibility index (Phi) is 3.59. The molecule has 2 aliphatic heterocycles. The van der Waals surface area contributed by atoms with Gasteiger partial charge in [-0.05, 0) is 54.6 Å². The molecule has 0 saturated carbocycles. The van der Waals surface area contributed by atoms with E-state index in [1.807, 2.05) is 36.4 Å². The highest BCUT2D eigenvalue weighted by molar-refractivity contribution is 6.07. The van der Waals surface area contributed by atoms with Crippen LogP contribution in [0, 0.1) is 0 Å². The molecule has 0 unspecified atom stereocenters. The third-order valence-corrected chi connectivity index (χ3v) is 5.49. The zero-order valence-electron chi connectivity index (χ0n) is 16.2. The Morgan fingerprint density at radius 3 is 2.07 bits per heavy atom. The van der Waals surface area contributed by atoms with Crippen LogP contribution in [0.3, 0.4) is 0 Å². The molecule has 3 aromatic heterocycles. The summed E-state index contributed by atoms with van der Waals surface area (Å²) >= 11 is 0. The molecule has 0 amide bonds. The van der Waals surface area contributed by atoms with Crippen molar-refractivity contribution in [2.75, 3.05) is 0 Å². The molecule has 0 aliphatic carbocycles. The molecule has 4 aromatic rings. The van der Waals surface area contributed by atoms with E-state index in [2.05, 4.69) is 65.1 Å². The smallest absolute Gasteiger partial charge is 0.0730 e. The minimum Gasteiger partial charge on any atom is -0.355 e. The fourth-order valence-electron chi connectivity index (χ4n) is 4.08. The number of hydrogen-bond acceptors (Lipinski definition) is 2. The zero-order valence-corrected chi connectivity index (χ0v) is 16.2. The van der Waals surface area contributed by atoms with Crippen molar-refractivity contribution < 1.29 is 0 Å². The third-order valence-electron chi connectivity index (χ3n) is 5.49. The van der Waals surface area contributed by atoms with Crippen LogP contribution < -0.4 is 0 Å². The molecule has 4 nitrogen and oxygen atoms in total. The average Bonchev–Trinajstić information content (AvgIpc) is 3.54. The van der Waals surface area contributed by atoms with Gasteiger partial charge < -0.3 is 9.97 Å². The van der Waals surface area contributed by atoms with Gasteiger partial charge in [0.25, 0.3) is 0 Å². The van der Waals surface area contributed by atoms with Gasteiger partial charge in [-0.2, -0.15) is 0 Å². The van der Waals surface area contributed by atoms with Crippen LogP contribution in [0.5, 0.6) is 0 Å². The van der Waals surface area contributed by atoms with Gasteiger partial charge in [0.2, 0.25) is 0 Å². The van der Waals surface area contributed by atoms with Crippen molar-refractivity contribution in [3.05, 3.63) is 89.5 Å². The Balaban J connectivity index is 1.79. The highest BCUT2D eigenvalue weighted by Gasteiger charge is 2.08. The highest BCUT2D eigenvalue weighted by atomic mass is 14.8. The number of aromatic amines is 2. The van der Waals surface area contributed by atoms with E-state index in [0.29, 0.717) is 0 Å². The number of aromatic nitrogens is 4. The fourth-order valence-corrected chi connectivity index (χ4v) is 4.08. The monoisotopic (exact) mass is 386 g/mol. The van der Waals surface area contributed by atoms with E-state index in [1.54, 1.807) is 0 Å². The maximum Gasteiger partial charge on any atom is 0.0730 e. The van der Waals surface area contributed by atoms with E-state index in [-0.39, 0.29) is 0 Å². The summed E-state index contributed by atoms with van der Waals surface area (Å²) in [5, 5.41) is 2.33. The van der Waals surface area contributed by atoms with Crippen molar-refractivity contribution in [2.24, 2.45) is 0 Å². The predicted octanol–water partition coefficient (Wildman–Crippen LogP) is 6.45. The van der Waals surface area contributed by atoms with Crippen molar-refractivity contribution >= 4 is 63.2 Å². The predicted molar refractivity (Wildman–Crippen MR) is 126 cm³/mol. The molecule has 0 radical (unpaired) electrons. The first-order valence-corrected chi connectivity index (χ1v) is 9.88. The average molecular weight is 386 g/mol. The summed E-state index contributed by atoms with van der Waals surface area (Å²) < 4.78 is 0. The Bertz CT molecular complexity index is 1560. The highest BCUT2D eigenvalue weighted by Crippen LogP contribution is 2.27. The molecule has 30 heavy (non-hydrogen) atoms. The molecule has 4 heteroatoms. The Labute approximate surface area is 173 Å². The molecular formula is C26H18N4. The first kappa shape index (κ1) is 16.7. The van der Waals surface area contributed by atoms with Gasteiger partial charge in [-0.15, -0.1) is 0 Å². The van der Waals surface area contributed by atoms with Crippen LogP contribution in [-0.4, -0.2) is 19.9 Å². The minimum absolute atomic E-state index is 0.896. The van der Waals surface area contributed by atoms with E-state index in [9.17, 15) is 0 Å². The zero-order chi connectivity index (χ0) is 20.1. The largest absolute Gasteiger partial charge is 0.355 e. The molecular weight excluding hydrogens is 368 g/mol. The molecule has 6 rings (SSSR count). The topological polar surface area (TPSA) is 57.4 Å². The second-order valence-electron chi connectivity index (χ2n) is 7.43. The second-order valence-corrected chi connectivity index (χ2v) is 7.43. The number of benzene rings is 1. The van der Waals surface area contributed by atoms with E-state index in [4.69, 9.17) is 9.97 Å². The summed E-state index contributed by atoms with van der Waals surface area (Å²) in [6.45, 7) is 4.00. The number of nitrogens with one attached hydrogen (secondary N) is 2. The quantitative estimate of drug-likeness (QED) is 0.341. The van der Waals surface area contributed by atoms with Gasteiger partial charge in [-0.25, -0.2) is 9.97 Å². The van der Waals surface area contributed by atoms with E-state index >= 15 is 0 Å². The van der Waals surface area contributed by atoms with Gasteiger partial charge in [0, 0.05) is 38.4 Å². The lowest BCUT2D eigenvalue weighted by molar-refractivity contribution is 1.31. The number of rotatable bonds is 1. The van der Waals surface area contributed by atoms with Crippen molar-refractivity contribution in [3.8, 4) is 0 Å². The number of nitrogens with zero attached hydrogens (tertiary/aromatic N) is 2. The maximum atomic E-state index is 4.84. The van der Waals surface area contributed by atoms with E-state index in [1.165, 1.54) is 5.39 Å². The molecule has 5 heterocycles. The van der Waals surface area contributed by atoms with Gasteiger partial charge in [0.1, 0.15) is 0 Å². The second kappa shape index (κ2) is 6.42. The number of fused-ring (bicyclic) bond motifs is 11. The molecule has 0 fully saturated rings. The van der Waals surface area contributed by atoms with Gasteiger partial charge in [-0.3, -0.25) is 0 Å². The summed E-state index contributed by atoms with van der Waals surface area (Å²) in [5.41, 5.74) is 8.67. The Hall–Kier alpha value is -4.18. The first-order valence-electron chi connectivity index (χ1n) is 9.88. The summed E-state index contributed by atoms with van der Waals surface area (Å²) in [6, 6.07) is 18.7. The van der Waals surface area contributed by atoms with Gasteiger partial charge in [0.15, 0.2) is 0 Å². The lowest BCUT2D eigenvalue weighted by Crippen LogP contribution is -1.81. The summed E-state index contributed by atoms with van der Waals surface area (Å²) in [4.78, 5) is 16.6. The molecule has 0 spiro atoms. The van der Waals surface area contributed by atoms with Crippen molar-refractivity contribution in [2.45, 2.75) is 0 Å². The Morgan fingerprint density at radius 1 is 0.667 bits per heavy atom. The van der Waals surface area contributed by atoms with Crippen molar-refractivity contribution in [3.63, 3.8) is 0 Å². The molecule has 0 saturated heterocycles. The first-order chi connectivity index (χ1) is 14.8. The number of H-pyrrole nitrogens is 2. The van der Waals surface area contributed by atoms with Crippen LogP contribution in [0.1, 0.15) is 28.3 Å². The van der Waals surface area contributed by atoms with Crippen molar-refractivity contribution in [1.82, 2.24) is 19.9 Å². The summed E-state index contributed by atoms with van der Waals surface area (Å²) in [6.07, 6.45) is 10.00. The normalized spacial score (nSPS) is 12.5. The minimum atomic E-state index is 0.896. The fraction of sp³-hybridized carbons (Fsp3) is 0. The van der Waals surface area contributed by atoms with E-state index in [0.717, 1.165) is 55.8 Å². The van der Waals surface area contributed by atoms with E-state index < -0.39 is 0 Å². The summed E-state index contributed by atoms with van der Waals surface area (Å²) in [7, 11) is 0. The third kappa shape index (κ3) is 2.70. The SMILES string of the molecule is C=Cc1c2nc(cc3[nH]c(cc4nc(cc5ccc1[nH]5)C=C4)c1ccccc31)C=C2. The molecule has 1 aromatic carbocycles. The van der Waals surface area contributed by atoms with Crippen LogP contribution >= 0.6 is 0 Å². The van der Waals surface area contributed by atoms with Crippen LogP contribution in [-0.2, 0) is 0 Å². The van der Waals surface area contributed by atoms with Crippen molar-refractivity contribution in [1.29, 1.82) is 0 Å². The lowest BCUT2D eigenvalue weighted by Gasteiger charge is -1.94. The number of hydrogen-bond donors (Lipinski definition) is 2. The summed E-state index contributed by atoms with van der Waals surface area (Å²) in [5.74, 6) is 0. The lowest BCUT2D eigenvalue weighted by atomic mass is 10.1. The molecule has 142 valence electrons. The van der Waals surface area contributed by atoms with Crippen LogP contribution in [0.15, 0.2) is 61.2 Å². The van der Waals surface area contributed by atoms with Crippen LogP contribution in [0.4, 0.5) is 0 Å². The molecule has 0 atom stereocenters. The van der Waals surface area contributed by atoms with Crippen LogP contribution in [0.2, 0.25) is 0 Å². The van der Waals surface area contributed by atoms with Gasteiger partial charge >= 0.3 is 0 Å². The molecule has 8 bridgehead atoms. The van der Waals surface area contributed by atoms with Gasteiger partial charge in [-0.1, -0.05) is 36.9 Å². The Morgan fingerprint density at radius 2 is 1.33 bits per heavy atom.